The minimum absolute atomic E-state index is 0.0398. The van der Waals surface area contributed by atoms with Crippen molar-refractivity contribution in [2.75, 3.05) is 5.73 Å². The SMILES string of the molecule is Nc1cnccc1Oc1c(Cl)cccc1[N+](=O)[O-]. The van der Waals surface area contributed by atoms with Gasteiger partial charge in [0.05, 0.1) is 21.8 Å². The number of hydrogen-bond acceptors (Lipinski definition) is 5. The lowest BCUT2D eigenvalue weighted by atomic mass is 10.3. The van der Waals surface area contributed by atoms with Gasteiger partial charge in [-0.2, -0.15) is 0 Å². The zero-order valence-electron chi connectivity index (χ0n) is 9.04. The molecule has 0 fully saturated rings. The van der Waals surface area contributed by atoms with Crippen molar-refractivity contribution in [2.24, 2.45) is 0 Å². The van der Waals surface area contributed by atoms with E-state index in [1.165, 1.54) is 36.7 Å². The fourth-order valence-electron chi connectivity index (χ4n) is 1.34. The van der Waals surface area contributed by atoms with Crippen LogP contribution in [0.5, 0.6) is 11.5 Å². The number of nitro benzene ring substituents is 1. The summed E-state index contributed by atoms with van der Waals surface area (Å²) in [5.41, 5.74) is 5.69. The van der Waals surface area contributed by atoms with Crippen molar-refractivity contribution >= 4 is 23.0 Å². The summed E-state index contributed by atoms with van der Waals surface area (Å²) >= 11 is 5.89. The molecule has 2 aromatic rings. The molecular formula is C11H8ClN3O3. The molecule has 2 N–H and O–H groups in total. The summed E-state index contributed by atoms with van der Waals surface area (Å²) in [6.07, 6.45) is 2.85. The predicted octanol–water partition coefficient (Wildman–Crippen LogP) is 3.02. The number of aromatic nitrogens is 1. The molecule has 92 valence electrons. The van der Waals surface area contributed by atoms with Crippen LogP contribution in [0.25, 0.3) is 0 Å². The van der Waals surface area contributed by atoms with Crippen molar-refractivity contribution < 1.29 is 9.66 Å². The van der Waals surface area contributed by atoms with Crippen LogP contribution in [0.3, 0.4) is 0 Å². The number of pyridine rings is 1. The van der Waals surface area contributed by atoms with Crippen LogP contribution in [0.15, 0.2) is 36.7 Å². The average Bonchev–Trinajstić information content (AvgIpc) is 2.34. The third-order valence-electron chi connectivity index (χ3n) is 2.17. The van der Waals surface area contributed by atoms with E-state index in [1.807, 2.05) is 0 Å². The molecule has 0 radical (unpaired) electrons. The van der Waals surface area contributed by atoms with E-state index in [-0.39, 0.29) is 27.9 Å². The highest BCUT2D eigenvalue weighted by Gasteiger charge is 2.19. The molecule has 0 atom stereocenters. The summed E-state index contributed by atoms with van der Waals surface area (Å²) in [6, 6.07) is 5.78. The Morgan fingerprint density at radius 3 is 2.83 bits per heavy atom. The molecule has 0 unspecified atom stereocenters. The normalized spacial score (nSPS) is 10.1. The van der Waals surface area contributed by atoms with Gasteiger partial charge in [0.15, 0.2) is 5.75 Å². The summed E-state index contributed by atoms with van der Waals surface area (Å²) < 4.78 is 5.39. The van der Waals surface area contributed by atoms with Gasteiger partial charge in [-0.3, -0.25) is 15.1 Å². The Balaban J connectivity index is 2.46. The molecule has 6 nitrogen and oxygen atoms in total. The summed E-state index contributed by atoms with van der Waals surface area (Å²) in [5.74, 6) is 0.225. The van der Waals surface area contributed by atoms with Gasteiger partial charge < -0.3 is 10.5 Å². The predicted molar refractivity (Wildman–Crippen MR) is 66.8 cm³/mol. The molecule has 1 aromatic carbocycles. The quantitative estimate of drug-likeness (QED) is 0.680. The minimum Gasteiger partial charge on any atom is -0.446 e. The summed E-state index contributed by atoms with van der Waals surface area (Å²) in [7, 11) is 0. The smallest absolute Gasteiger partial charge is 0.313 e. The largest absolute Gasteiger partial charge is 0.446 e. The van der Waals surface area contributed by atoms with Crippen molar-refractivity contribution in [2.45, 2.75) is 0 Å². The first kappa shape index (κ1) is 12.1. The van der Waals surface area contributed by atoms with Gasteiger partial charge >= 0.3 is 5.69 Å². The fourth-order valence-corrected chi connectivity index (χ4v) is 1.55. The van der Waals surface area contributed by atoms with Crippen LogP contribution in [-0.4, -0.2) is 9.91 Å². The van der Waals surface area contributed by atoms with E-state index in [0.29, 0.717) is 0 Å². The number of nitrogens with zero attached hydrogens (tertiary/aromatic N) is 2. The van der Waals surface area contributed by atoms with Gasteiger partial charge in [-0.05, 0) is 6.07 Å². The van der Waals surface area contributed by atoms with E-state index < -0.39 is 4.92 Å². The molecule has 0 aliphatic rings. The number of halogens is 1. The Hall–Kier alpha value is -2.34. The number of nitrogen functional groups attached to an aromatic ring is 1. The van der Waals surface area contributed by atoms with Crippen molar-refractivity contribution in [3.05, 3.63) is 51.8 Å². The van der Waals surface area contributed by atoms with Crippen LogP contribution in [0, 0.1) is 10.1 Å². The molecule has 2 rings (SSSR count). The van der Waals surface area contributed by atoms with Gasteiger partial charge in [-0.15, -0.1) is 0 Å². The van der Waals surface area contributed by atoms with E-state index in [1.54, 1.807) is 0 Å². The second-order valence-electron chi connectivity index (χ2n) is 3.36. The molecular weight excluding hydrogens is 258 g/mol. The highest BCUT2D eigenvalue weighted by molar-refractivity contribution is 6.32. The molecule has 0 saturated carbocycles. The molecule has 0 aliphatic carbocycles. The Kier molecular flexibility index (Phi) is 3.29. The van der Waals surface area contributed by atoms with E-state index in [0.717, 1.165) is 0 Å². The number of anilines is 1. The molecule has 0 aliphatic heterocycles. The van der Waals surface area contributed by atoms with Crippen LogP contribution in [0.4, 0.5) is 11.4 Å². The highest BCUT2D eigenvalue weighted by atomic mass is 35.5. The van der Waals surface area contributed by atoms with E-state index in [4.69, 9.17) is 22.1 Å². The Bertz CT molecular complexity index is 604. The molecule has 1 heterocycles. The van der Waals surface area contributed by atoms with E-state index in [9.17, 15) is 10.1 Å². The van der Waals surface area contributed by atoms with Gasteiger partial charge in [0.1, 0.15) is 0 Å². The zero-order chi connectivity index (χ0) is 13.1. The van der Waals surface area contributed by atoms with Gasteiger partial charge in [-0.1, -0.05) is 17.7 Å². The summed E-state index contributed by atoms with van der Waals surface area (Å²) in [4.78, 5) is 14.1. The Morgan fingerprint density at radius 1 is 1.39 bits per heavy atom. The second-order valence-corrected chi connectivity index (χ2v) is 3.77. The van der Waals surface area contributed by atoms with Gasteiger partial charge in [0.25, 0.3) is 0 Å². The molecule has 0 amide bonds. The highest BCUT2D eigenvalue weighted by Crippen LogP contribution is 2.38. The maximum absolute atomic E-state index is 10.9. The van der Waals surface area contributed by atoms with Crippen molar-refractivity contribution in [1.29, 1.82) is 0 Å². The number of nitro groups is 1. The van der Waals surface area contributed by atoms with E-state index >= 15 is 0 Å². The lowest BCUT2D eigenvalue weighted by Crippen LogP contribution is -1.97. The Labute approximate surface area is 107 Å². The number of nitrogens with two attached hydrogens (primary N) is 1. The zero-order valence-corrected chi connectivity index (χ0v) is 9.79. The second kappa shape index (κ2) is 4.89. The van der Waals surface area contributed by atoms with E-state index in [2.05, 4.69) is 4.98 Å². The van der Waals surface area contributed by atoms with Crippen LogP contribution in [0.1, 0.15) is 0 Å². The average molecular weight is 266 g/mol. The number of hydrogen-bond donors (Lipinski definition) is 1. The first-order valence-electron chi connectivity index (χ1n) is 4.90. The summed E-state index contributed by atoms with van der Waals surface area (Å²) in [5, 5.41) is 11.0. The molecule has 7 heteroatoms. The fraction of sp³-hybridized carbons (Fsp3) is 0. The first-order chi connectivity index (χ1) is 8.59. The van der Waals surface area contributed by atoms with Crippen LogP contribution in [-0.2, 0) is 0 Å². The standard InChI is InChI=1S/C11H8ClN3O3/c12-7-2-1-3-9(15(16)17)11(7)18-10-4-5-14-6-8(10)13/h1-6H,13H2. The van der Waals surface area contributed by atoms with Gasteiger partial charge in [0, 0.05) is 18.3 Å². The number of rotatable bonds is 3. The van der Waals surface area contributed by atoms with Crippen molar-refractivity contribution in [3.63, 3.8) is 0 Å². The Morgan fingerprint density at radius 2 is 2.17 bits per heavy atom. The maximum atomic E-state index is 10.9. The lowest BCUT2D eigenvalue weighted by molar-refractivity contribution is -0.385. The van der Waals surface area contributed by atoms with Gasteiger partial charge in [-0.25, -0.2) is 0 Å². The molecule has 0 bridgehead atoms. The lowest BCUT2D eigenvalue weighted by Gasteiger charge is -2.09. The van der Waals surface area contributed by atoms with Crippen LogP contribution < -0.4 is 10.5 Å². The monoisotopic (exact) mass is 265 g/mol. The van der Waals surface area contributed by atoms with Gasteiger partial charge in [0.2, 0.25) is 5.75 Å². The number of para-hydroxylation sites is 1. The van der Waals surface area contributed by atoms with Crippen LogP contribution >= 0.6 is 11.6 Å². The minimum atomic E-state index is -0.571. The first-order valence-corrected chi connectivity index (χ1v) is 5.27. The number of ether oxygens (including phenoxy) is 1. The molecule has 0 spiro atoms. The molecule has 18 heavy (non-hydrogen) atoms. The summed E-state index contributed by atoms with van der Waals surface area (Å²) in [6.45, 7) is 0. The van der Waals surface area contributed by atoms with Crippen LogP contribution in [0.2, 0.25) is 5.02 Å². The topological polar surface area (TPSA) is 91.3 Å². The third-order valence-corrected chi connectivity index (χ3v) is 2.46. The number of benzene rings is 1. The molecule has 1 aromatic heterocycles. The molecule has 0 saturated heterocycles. The van der Waals surface area contributed by atoms with Crippen molar-refractivity contribution in [3.8, 4) is 11.5 Å². The third kappa shape index (κ3) is 2.33. The van der Waals surface area contributed by atoms with Crippen molar-refractivity contribution in [1.82, 2.24) is 4.98 Å². The maximum Gasteiger partial charge on any atom is 0.313 e.